The monoisotopic (exact) mass is 552 g/mol. The molecule has 206 valence electrons. The number of carbonyl (C=O) groups excluding carboxylic acids is 2. The van der Waals surface area contributed by atoms with E-state index >= 15 is 0 Å². The number of hydrogen-bond donors (Lipinski definition) is 1. The van der Waals surface area contributed by atoms with Crippen molar-refractivity contribution >= 4 is 23.4 Å². The Kier molecular flexibility index (Phi) is 10.5. The van der Waals surface area contributed by atoms with Crippen LogP contribution in [0.15, 0.2) is 115 Å². The van der Waals surface area contributed by atoms with Crippen molar-refractivity contribution in [3.05, 3.63) is 143 Å². The lowest BCUT2D eigenvalue weighted by Gasteiger charge is -2.33. The van der Waals surface area contributed by atoms with Gasteiger partial charge in [-0.1, -0.05) is 128 Å². The Morgan fingerprint density at radius 2 is 1.30 bits per heavy atom. The summed E-state index contributed by atoms with van der Waals surface area (Å²) in [6.45, 7) is 4.26. The fourth-order valence-corrected chi connectivity index (χ4v) is 5.09. The average molecular weight is 553 g/mol. The maximum atomic E-state index is 14.4. The lowest BCUT2D eigenvalue weighted by Crippen LogP contribution is -2.52. The molecule has 4 aromatic rings. The normalized spacial score (nSPS) is 12.5. The van der Waals surface area contributed by atoms with Gasteiger partial charge in [0.05, 0.1) is 0 Å². The van der Waals surface area contributed by atoms with Crippen LogP contribution in [0.1, 0.15) is 54.9 Å². The van der Waals surface area contributed by atoms with Crippen molar-refractivity contribution in [3.63, 3.8) is 0 Å². The van der Waals surface area contributed by atoms with Crippen LogP contribution in [0.25, 0.3) is 0 Å². The van der Waals surface area contributed by atoms with Gasteiger partial charge in [-0.3, -0.25) is 9.59 Å². The number of rotatable bonds is 12. The van der Waals surface area contributed by atoms with Crippen molar-refractivity contribution in [1.82, 2.24) is 10.2 Å². The van der Waals surface area contributed by atoms with Crippen LogP contribution in [0, 0.1) is 0 Å². The van der Waals surface area contributed by atoms with Gasteiger partial charge in [0.15, 0.2) is 0 Å². The largest absolute Gasteiger partial charge is 0.352 e. The van der Waals surface area contributed by atoms with Gasteiger partial charge in [-0.2, -0.15) is 0 Å². The molecule has 0 aliphatic heterocycles. The first-order chi connectivity index (χ1) is 19.5. The molecule has 0 bridgehead atoms. The summed E-state index contributed by atoms with van der Waals surface area (Å²) in [5.74, 6) is -0.411. The Labute approximate surface area is 243 Å². The number of nitrogens with zero attached hydrogens (tertiary/aromatic N) is 1. The van der Waals surface area contributed by atoms with Gasteiger partial charge >= 0.3 is 0 Å². The highest BCUT2D eigenvalue weighted by atomic mass is 35.5. The molecule has 0 saturated carbocycles. The van der Waals surface area contributed by atoms with E-state index in [1.54, 1.807) is 4.90 Å². The van der Waals surface area contributed by atoms with Crippen LogP contribution in [0.3, 0.4) is 0 Å². The Bertz CT molecular complexity index is 1320. The van der Waals surface area contributed by atoms with Crippen molar-refractivity contribution < 1.29 is 9.59 Å². The Balaban J connectivity index is 1.75. The molecule has 0 aliphatic rings. The molecule has 0 heterocycles. The van der Waals surface area contributed by atoms with Crippen LogP contribution in [0.2, 0.25) is 5.02 Å². The van der Waals surface area contributed by atoms with Crippen molar-refractivity contribution in [2.75, 3.05) is 0 Å². The zero-order chi connectivity index (χ0) is 28.3. The summed E-state index contributed by atoms with van der Waals surface area (Å²) in [7, 11) is 0. The first-order valence-corrected chi connectivity index (χ1v) is 14.3. The number of benzene rings is 4. The van der Waals surface area contributed by atoms with Gasteiger partial charge in [0, 0.05) is 36.4 Å². The average Bonchev–Trinajstić information content (AvgIpc) is 2.99. The van der Waals surface area contributed by atoms with E-state index in [-0.39, 0.29) is 36.7 Å². The number of carbonyl (C=O) groups is 2. The first kappa shape index (κ1) is 29.1. The minimum Gasteiger partial charge on any atom is -0.352 e. The summed E-state index contributed by atoms with van der Waals surface area (Å²) < 4.78 is 0. The zero-order valence-corrected chi connectivity index (χ0v) is 23.9. The molecule has 0 spiro atoms. The second-order valence-electron chi connectivity index (χ2n) is 10.2. The topological polar surface area (TPSA) is 49.4 Å². The second-order valence-corrected chi connectivity index (χ2v) is 10.6. The van der Waals surface area contributed by atoms with Crippen LogP contribution in [-0.4, -0.2) is 28.8 Å². The van der Waals surface area contributed by atoms with E-state index in [0.717, 1.165) is 28.7 Å². The smallest absolute Gasteiger partial charge is 0.243 e. The van der Waals surface area contributed by atoms with Crippen LogP contribution in [0.5, 0.6) is 0 Å². The van der Waals surface area contributed by atoms with E-state index in [0.29, 0.717) is 11.4 Å². The van der Waals surface area contributed by atoms with E-state index in [4.69, 9.17) is 11.6 Å². The summed E-state index contributed by atoms with van der Waals surface area (Å²) >= 11 is 6.58. The molecule has 0 unspecified atom stereocenters. The predicted octanol–water partition coefficient (Wildman–Crippen LogP) is 7.42. The third-order valence-electron chi connectivity index (χ3n) is 7.35. The van der Waals surface area contributed by atoms with Crippen LogP contribution < -0.4 is 5.32 Å². The summed E-state index contributed by atoms with van der Waals surface area (Å²) in [4.78, 5) is 30.0. The van der Waals surface area contributed by atoms with E-state index < -0.39 is 6.04 Å². The number of amides is 2. The summed E-state index contributed by atoms with van der Waals surface area (Å²) in [5, 5.41) is 3.71. The predicted molar refractivity (Wildman–Crippen MR) is 163 cm³/mol. The summed E-state index contributed by atoms with van der Waals surface area (Å²) in [5.41, 5.74) is 3.92. The number of nitrogens with one attached hydrogen (secondary N) is 1. The van der Waals surface area contributed by atoms with E-state index in [9.17, 15) is 9.59 Å². The van der Waals surface area contributed by atoms with Gasteiger partial charge in [0.1, 0.15) is 6.04 Å². The van der Waals surface area contributed by atoms with Crippen LogP contribution >= 0.6 is 11.6 Å². The molecule has 4 aromatic carbocycles. The second kappa shape index (κ2) is 14.5. The summed E-state index contributed by atoms with van der Waals surface area (Å²) in [6.07, 6.45) is 1.42. The molecular weight excluding hydrogens is 516 g/mol. The molecule has 5 heteroatoms. The van der Waals surface area contributed by atoms with E-state index in [2.05, 4.69) is 29.6 Å². The highest BCUT2D eigenvalue weighted by molar-refractivity contribution is 6.31. The highest BCUT2D eigenvalue weighted by Crippen LogP contribution is 2.30. The maximum Gasteiger partial charge on any atom is 0.243 e. The molecule has 0 aromatic heterocycles. The van der Waals surface area contributed by atoms with Crippen LogP contribution in [-0.2, 0) is 22.6 Å². The number of hydrogen-bond acceptors (Lipinski definition) is 2. The van der Waals surface area contributed by atoms with E-state index in [1.807, 2.05) is 105 Å². The highest BCUT2D eigenvalue weighted by Gasteiger charge is 2.33. The molecule has 40 heavy (non-hydrogen) atoms. The molecular formula is C35H37ClN2O2. The molecule has 1 N–H and O–H groups in total. The Morgan fingerprint density at radius 1 is 0.775 bits per heavy atom. The van der Waals surface area contributed by atoms with Gasteiger partial charge in [-0.25, -0.2) is 0 Å². The fourth-order valence-electron chi connectivity index (χ4n) is 4.90. The number of halogens is 1. The van der Waals surface area contributed by atoms with Gasteiger partial charge in [0.2, 0.25) is 11.8 Å². The fraction of sp³-hybridized carbons (Fsp3) is 0.257. The third-order valence-corrected chi connectivity index (χ3v) is 7.72. The molecule has 4 rings (SSSR count). The summed E-state index contributed by atoms with van der Waals surface area (Å²) in [6, 6.07) is 36.8. The van der Waals surface area contributed by atoms with Gasteiger partial charge < -0.3 is 10.2 Å². The molecule has 0 fully saturated rings. The standard InChI is InChI=1S/C35H37ClN2O2/c1-3-26(2)37-35(40)33(23-27-15-7-4-8-16-27)38(25-30-21-13-14-22-32(30)36)34(39)24-31(28-17-9-5-10-18-28)29-19-11-6-12-20-29/h4-22,26,31,33H,3,23-25H2,1-2H3,(H,37,40)/t26-,33+/m0/s1. The lowest BCUT2D eigenvalue weighted by atomic mass is 9.87. The van der Waals surface area contributed by atoms with Crippen LogP contribution in [0.4, 0.5) is 0 Å². The zero-order valence-electron chi connectivity index (χ0n) is 23.2. The SMILES string of the molecule is CC[C@H](C)NC(=O)[C@@H](Cc1ccccc1)N(Cc1ccccc1Cl)C(=O)CC(c1ccccc1)c1ccccc1. The van der Waals surface area contributed by atoms with Gasteiger partial charge in [0.25, 0.3) is 0 Å². The van der Waals surface area contributed by atoms with Crippen molar-refractivity contribution in [1.29, 1.82) is 0 Å². The van der Waals surface area contributed by atoms with Crippen molar-refractivity contribution in [2.45, 2.75) is 57.7 Å². The van der Waals surface area contributed by atoms with Crippen molar-refractivity contribution in [3.8, 4) is 0 Å². The lowest BCUT2D eigenvalue weighted by molar-refractivity contribution is -0.141. The minimum atomic E-state index is -0.702. The third kappa shape index (κ3) is 7.83. The van der Waals surface area contributed by atoms with Crippen molar-refractivity contribution in [2.24, 2.45) is 0 Å². The Hall–Kier alpha value is -3.89. The van der Waals surface area contributed by atoms with E-state index in [1.165, 1.54) is 0 Å². The molecule has 2 amide bonds. The molecule has 0 aliphatic carbocycles. The molecule has 4 nitrogen and oxygen atoms in total. The quantitative estimate of drug-likeness (QED) is 0.199. The molecule has 0 saturated heterocycles. The Morgan fingerprint density at radius 3 is 1.85 bits per heavy atom. The molecule has 0 radical (unpaired) electrons. The maximum absolute atomic E-state index is 14.4. The minimum absolute atomic E-state index is 0.00979. The van der Waals surface area contributed by atoms with Gasteiger partial charge in [-0.05, 0) is 41.7 Å². The van der Waals surface area contributed by atoms with Gasteiger partial charge in [-0.15, -0.1) is 0 Å². The molecule has 2 atom stereocenters. The first-order valence-electron chi connectivity index (χ1n) is 13.9.